The average molecular weight is 274 g/mol. The van der Waals surface area contributed by atoms with Gasteiger partial charge in [-0.2, -0.15) is 0 Å². The number of nitrogens with two attached hydrogens (primary N) is 1. The van der Waals surface area contributed by atoms with Gasteiger partial charge in [0.1, 0.15) is 5.82 Å². The highest BCUT2D eigenvalue weighted by atomic mass is 35.5. The molecule has 0 fully saturated rings. The molecule has 0 saturated heterocycles. The molecule has 0 saturated carbocycles. The van der Waals surface area contributed by atoms with E-state index < -0.39 is 17.2 Å². The molecule has 2 unspecified atom stereocenters. The van der Waals surface area contributed by atoms with E-state index in [0.29, 0.717) is 12.0 Å². The van der Waals surface area contributed by atoms with E-state index >= 15 is 0 Å². The number of carboxylic acids is 1. The molecular weight excluding hydrogens is 257 g/mol. The van der Waals surface area contributed by atoms with Gasteiger partial charge in [0.05, 0.1) is 6.42 Å². The van der Waals surface area contributed by atoms with E-state index in [9.17, 15) is 9.18 Å². The quantitative estimate of drug-likeness (QED) is 0.867. The normalized spacial score (nSPS) is 16.1. The van der Waals surface area contributed by atoms with Crippen LogP contribution in [-0.4, -0.2) is 17.1 Å². The van der Waals surface area contributed by atoms with Gasteiger partial charge in [-0.25, -0.2) is 4.39 Å². The Balaban J connectivity index is 3.29. The van der Waals surface area contributed by atoms with Crippen LogP contribution in [0, 0.1) is 5.82 Å². The van der Waals surface area contributed by atoms with E-state index in [1.165, 1.54) is 18.2 Å². The molecule has 0 amide bonds. The molecule has 0 aliphatic carbocycles. The smallest absolute Gasteiger partial charge is 0.304 e. The Bertz CT molecular complexity index is 453. The third kappa shape index (κ3) is 3.00. The van der Waals surface area contributed by atoms with Crippen molar-refractivity contribution in [1.82, 2.24) is 0 Å². The first-order chi connectivity index (χ1) is 8.31. The Kier molecular flexibility index (Phi) is 4.71. The van der Waals surface area contributed by atoms with Gasteiger partial charge in [0.15, 0.2) is 0 Å². The van der Waals surface area contributed by atoms with E-state index in [0.717, 1.165) is 0 Å². The summed E-state index contributed by atoms with van der Waals surface area (Å²) in [6.45, 7) is 3.62. The highest BCUT2D eigenvalue weighted by Crippen LogP contribution is 2.36. The third-order valence-corrected chi connectivity index (χ3v) is 3.64. The van der Waals surface area contributed by atoms with Crippen LogP contribution < -0.4 is 5.73 Å². The third-order valence-electron chi connectivity index (χ3n) is 3.32. The van der Waals surface area contributed by atoms with Gasteiger partial charge in [-0.3, -0.25) is 4.79 Å². The van der Waals surface area contributed by atoms with E-state index in [-0.39, 0.29) is 17.5 Å². The van der Waals surface area contributed by atoms with Crippen molar-refractivity contribution >= 4 is 17.6 Å². The summed E-state index contributed by atoms with van der Waals surface area (Å²) in [7, 11) is 0. The number of carbonyl (C=O) groups is 1. The zero-order valence-corrected chi connectivity index (χ0v) is 11.2. The molecule has 3 N–H and O–H groups in total. The molecule has 0 bridgehead atoms. The van der Waals surface area contributed by atoms with Gasteiger partial charge >= 0.3 is 5.97 Å². The molecule has 100 valence electrons. The second-order valence-corrected chi connectivity index (χ2v) is 5.03. The summed E-state index contributed by atoms with van der Waals surface area (Å²) < 4.78 is 13.0. The van der Waals surface area contributed by atoms with E-state index in [4.69, 9.17) is 22.4 Å². The standard InChI is InChI=1S/C13H17ClFNO2/c1-3-11(16)13(2,7-12(17)18)9-5-4-8(15)6-10(9)14/h4-6,11H,3,7,16H2,1-2H3,(H,17,18). The lowest BCUT2D eigenvalue weighted by Gasteiger charge is -2.35. The van der Waals surface area contributed by atoms with Gasteiger partial charge in [-0.1, -0.05) is 31.5 Å². The van der Waals surface area contributed by atoms with Crippen molar-refractivity contribution in [2.45, 2.75) is 38.1 Å². The Hall–Kier alpha value is -1.13. The molecule has 5 heteroatoms. The molecule has 0 aromatic heterocycles. The number of hydrogen-bond donors (Lipinski definition) is 2. The molecule has 2 atom stereocenters. The summed E-state index contributed by atoms with van der Waals surface area (Å²) in [4.78, 5) is 11.0. The fraction of sp³-hybridized carbons (Fsp3) is 0.462. The number of carboxylic acid groups (broad SMARTS) is 1. The fourth-order valence-corrected chi connectivity index (χ4v) is 2.53. The number of aliphatic carboxylic acids is 1. The highest BCUT2D eigenvalue weighted by Gasteiger charge is 2.36. The van der Waals surface area contributed by atoms with Crippen LogP contribution in [0.5, 0.6) is 0 Å². The molecule has 0 radical (unpaired) electrons. The summed E-state index contributed by atoms with van der Waals surface area (Å²) in [5.74, 6) is -1.41. The monoisotopic (exact) mass is 273 g/mol. The van der Waals surface area contributed by atoms with Crippen LogP contribution in [0.3, 0.4) is 0 Å². The first-order valence-electron chi connectivity index (χ1n) is 5.74. The van der Waals surface area contributed by atoms with E-state index in [1.54, 1.807) is 6.92 Å². The van der Waals surface area contributed by atoms with Crippen molar-refractivity contribution in [3.05, 3.63) is 34.6 Å². The zero-order valence-electron chi connectivity index (χ0n) is 10.4. The van der Waals surface area contributed by atoms with Crippen molar-refractivity contribution in [3.8, 4) is 0 Å². The summed E-state index contributed by atoms with van der Waals surface area (Å²) >= 11 is 6.01. The first-order valence-corrected chi connectivity index (χ1v) is 6.12. The van der Waals surface area contributed by atoms with Crippen LogP contribution in [0.25, 0.3) is 0 Å². The number of benzene rings is 1. The minimum atomic E-state index is -0.957. The van der Waals surface area contributed by atoms with Gasteiger partial charge in [-0.05, 0) is 24.1 Å². The maximum Gasteiger partial charge on any atom is 0.304 e. The Morgan fingerprint density at radius 3 is 2.67 bits per heavy atom. The minimum absolute atomic E-state index is 0.145. The van der Waals surface area contributed by atoms with Crippen LogP contribution in [0.4, 0.5) is 4.39 Å². The van der Waals surface area contributed by atoms with Crippen LogP contribution >= 0.6 is 11.6 Å². The molecule has 18 heavy (non-hydrogen) atoms. The number of halogens is 2. The first kappa shape index (κ1) is 14.9. The number of hydrogen-bond acceptors (Lipinski definition) is 2. The minimum Gasteiger partial charge on any atom is -0.481 e. The largest absolute Gasteiger partial charge is 0.481 e. The lowest BCUT2D eigenvalue weighted by Crippen LogP contribution is -2.44. The predicted octanol–water partition coefficient (Wildman–Crippen LogP) is 2.95. The molecule has 0 spiro atoms. The molecule has 1 aromatic rings. The lowest BCUT2D eigenvalue weighted by molar-refractivity contribution is -0.138. The molecule has 0 heterocycles. The second kappa shape index (κ2) is 5.67. The maximum absolute atomic E-state index is 13.0. The molecule has 1 rings (SSSR count). The Labute approximate surface area is 111 Å². The molecule has 0 aliphatic heterocycles. The summed E-state index contributed by atoms with van der Waals surface area (Å²) in [6, 6.07) is 3.59. The van der Waals surface area contributed by atoms with Gasteiger partial charge in [0, 0.05) is 16.5 Å². The van der Waals surface area contributed by atoms with Crippen LogP contribution in [0.2, 0.25) is 5.02 Å². The maximum atomic E-state index is 13.0. The summed E-state index contributed by atoms with van der Waals surface area (Å²) in [5, 5.41) is 9.24. The Morgan fingerprint density at radius 1 is 1.61 bits per heavy atom. The van der Waals surface area contributed by atoms with Crippen molar-refractivity contribution in [1.29, 1.82) is 0 Å². The summed E-state index contributed by atoms with van der Waals surface area (Å²) in [5.41, 5.74) is 5.78. The molecular formula is C13H17ClFNO2. The average Bonchev–Trinajstić information content (AvgIpc) is 2.26. The zero-order chi connectivity index (χ0) is 13.9. The van der Waals surface area contributed by atoms with Crippen LogP contribution in [0.1, 0.15) is 32.3 Å². The van der Waals surface area contributed by atoms with Gasteiger partial charge in [0.25, 0.3) is 0 Å². The van der Waals surface area contributed by atoms with Crippen molar-refractivity contribution in [2.24, 2.45) is 5.73 Å². The van der Waals surface area contributed by atoms with Crippen LogP contribution in [-0.2, 0) is 10.2 Å². The lowest BCUT2D eigenvalue weighted by atomic mass is 9.72. The van der Waals surface area contributed by atoms with Crippen molar-refractivity contribution in [2.75, 3.05) is 0 Å². The SMILES string of the molecule is CCC(N)C(C)(CC(=O)O)c1ccc(F)cc1Cl. The number of rotatable bonds is 5. The fourth-order valence-electron chi connectivity index (χ4n) is 2.14. The van der Waals surface area contributed by atoms with Gasteiger partial charge < -0.3 is 10.8 Å². The Morgan fingerprint density at radius 2 is 2.22 bits per heavy atom. The van der Waals surface area contributed by atoms with Crippen molar-refractivity contribution in [3.63, 3.8) is 0 Å². The molecule has 3 nitrogen and oxygen atoms in total. The second-order valence-electron chi connectivity index (χ2n) is 4.63. The molecule has 0 aliphatic rings. The van der Waals surface area contributed by atoms with E-state index in [2.05, 4.69) is 0 Å². The topological polar surface area (TPSA) is 63.3 Å². The van der Waals surface area contributed by atoms with Crippen molar-refractivity contribution < 1.29 is 14.3 Å². The highest BCUT2D eigenvalue weighted by molar-refractivity contribution is 6.31. The van der Waals surface area contributed by atoms with Crippen LogP contribution in [0.15, 0.2) is 18.2 Å². The molecule has 1 aromatic carbocycles. The predicted molar refractivity (Wildman–Crippen MR) is 69.3 cm³/mol. The van der Waals surface area contributed by atoms with Gasteiger partial charge in [-0.15, -0.1) is 0 Å². The van der Waals surface area contributed by atoms with E-state index in [1.807, 2.05) is 6.92 Å². The summed E-state index contributed by atoms with van der Waals surface area (Å²) in [6.07, 6.45) is 0.463. The van der Waals surface area contributed by atoms with Gasteiger partial charge in [0.2, 0.25) is 0 Å².